The highest BCUT2D eigenvalue weighted by atomic mass is 28.2. The lowest BCUT2D eigenvalue weighted by molar-refractivity contribution is 0.509. The Kier molecular flexibility index (Phi) is 2.40. The van der Waals surface area contributed by atoms with E-state index >= 15 is 0 Å². The molecular weight excluding hydrogens is 94.1 g/mol. The molecule has 0 aromatic carbocycles. The number of nitrogens with one attached hydrogen (secondary N) is 1. The fraction of sp³-hybridized carbons (Fsp3) is 0. The lowest BCUT2D eigenvalue weighted by Crippen LogP contribution is -1.82. The second kappa shape index (κ2) is 2.65. The second-order valence-electron chi connectivity index (χ2n) is 0.713. The molecule has 0 bridgehead atoms. The smallest absolute Gasteiger partial charge is 0.341 e. The topological polar surface area (TPSA) is 33.1 Å². The predicted octanol–water partition coefficient (Wildman–Crippen LogP) is 0.250. The molecule has 31 valence electrons. The third-order valence-electron chi connectivity index (χ3n) is 0.292. The van der Waals surface area contributed by atoms with Gasteiger partial charge in [0.1, 0.15) is 5.76 Å². The average Bonchev–Trinajstić information content (AvgIpc) is 1.65. The number of rotatable bonds is 2. The summed E-state index contributed by atoms with van der Waals surface area (Å²) in [6.45, 7) is 3.28. The van der Waals surface area contributed by atoms with Gasteiger partial charge in [-0.3, -0.25) is 0 Å². The molecule has 0 fully saturated rings. The van der Waals surface area contributed by atoms with Crippen LogP contribution in [0.15, 0.2) is 12.3 Å². The summed E-state index contributed by atoms with van der Waals surface area (Å²) in [5, 5.41) is 6.43. The van der Waals surface area contributed by atoms with E-state index in [0.29, 0.717) is 5.76 Å². The van der Waals surface area contributed by atoms with Crippen molar-refractivity contribution in [2.45, 2.75) is 0 Å². The summed E-state index contributed by atoms with van der Waals surface area (Å²) in [7, 11) is 2.67. The zero-order valence-electron chi connectivity index (χ0n) is 3.19. The van der Waals surface area contributed by atoms with Gasteiger partial charge in [0.15, 0.2) is 0 Å². The van der Waals surface area contributed by atoms with Crippen LogP contribution in [0, 0.1) is 5.41 Å². The van der Waals surface area contributed by atoms with E-state index in [1.807, 2.05) is 0 Å². The summed E-state index contributed by atoms with van der Waals surface area (Å²) in [5.41, 5.74) is 0. The molecule has 0 aromatic rings. The van der Waals surface area contributed by atoms with Crippen molar-refractivity contribution in [1.29, 1.82) is 5.41 Å². The summed E-state index contributed by atoms with van der Waals surface area (Å²) < 4.78 is 4.27. The van der Waals surface area contributed by atoms with Gasteiger partial charge >= 0.3 is 10.5 Å². The van der Waals surface area contributed by atoms with Crippen molar-refractivity contribution in [1.82, 2.24) is 0 Å². The first-order valence-corrected chi connectivity index (χ1v) is 1.75. The van der Waals surface area contributed by atoms with E-state index in [-0.39, 0.29) is 0 Å². The standard InChI is InChI=1S/C3H4NOSi/c1-3(2-4)5-6/h2,4H,1H2. The van der Waals surface area contributed by atoms with Crippen molar-refractivity contribution in [3.05, 3.63) is 12.3 Å². The first kappa shape index (κ1) is 5.43. The normalized spacial score (nSPS) is 6.83. The third-order valence-corrected chi connectivity index (χ3v) is 0.554. The molecule has 0 amide bonds. The predicted molar refractivity (Wildman–Crippen MR) is 24.8 cm³/mol. The summed E-state index contributed by atoms with van der Waals surface area (Å²) in [6, 6.07) is 0. The summed E-state index contributed by atoms with van der Waals surface area (Å²) in [4.78, 5) is 0. The Morgan fingerprint density at radius 1 is 2.00 bits per heavy atom. The monoisotopic (exact) mass is 98.0 g/mol. The van der Waals surface area contributed by atoms with Crippen LogP contribution in [0.1, 0.15) is 0 Å². The van der Waals surface area contributed by atoms with E-state index in [2.05, 4.69) is 21.5 Å². The molecule has 0 aliphatic carbocycles. The molecule has 0 rings (SSSR count). The van der Waals surface area contributed by atoms with Gasteiger partial charge in [0.25, 0.3) is 0 Å². The quantitative estimate of drug-likeness (QED) is 0.300. The van der Waals surface area contributed by atoms with Gasteiger partial charge < -0.3 is 9.84 Å². The van der Waals surface area contributed by atoms with Gasteiger partial charge in [-0.1, -0.05) is 6.58 Å². The molecular formula is C3H4NOSi. The Morgan fingerprint density at radius 3 is 2.50 bits per heavy atom. The lowest BCUT2D eigenvalue weighted by atomic mass is 10.6. The van der Waals surface area contributed by atoms with Crippen molar-refractivity contribution in [2.75, 3.05) is 0 Å². The van der Waals surface area contributed by atoms with Gasteiger partial charge in [-0.15, -0.1) is 0 Å². The highest BCUT2D eigenvalue weighted by Gasteiger charge is 1.74. The minimum absolute atomic E-state index is 0.298. The first-order chi connectivity index (χ1) is 2.81. The molecule has 0 aliphatic rings. The van der Waals surface area contributed by atoms with Gasteiger partial charge in [0, 0.05) is 0 Å². The van der Waals surface area contributed by atoms with Crippen molar-refractivity contribution >= 4 is 16.7 Å². The summed E-state index contributed by atoms with van der Waals surface area (Å²) in [6.07, 6.45) is 1.01. The summed E-state index contributed by atoms with van der Waals surface area (Å²) >= 11 is 0. The van der Waals surface area contributed by atoms with E-state index in [4.69, 9.17) is 5.41 Å². The maximum atomic E-state index is 6.43. The van der Waals surface area contributed by atoms with Crippen LogP contribution >= 0.6 is 0 Å². The highest BCUT2D eigenvalue weighted by Crippen LogP contribution is 1.77. The molecule has 0 saturated carbocycles. The maximum absolute atomic E-state index is 6.43. The van der Waals surface area contributed by atoms with Gasteiger partial charge in [0.2, 0.25) is 0 Å². The van der Waals surface area contributed by atoms with Gasteiger partial charge in [0.05, 0.1) is 6.21 Å². The van der Waals surface area contributed by atoms with Crippen LogP contribution in [0.2, 0.25) is 0 Å². The Morgan fingerprint density at radius 2 is 2.50 bits per heavy atom. The van der Waals surface area contributed by atoms with Crippen LogP contribution in [0.3, 0.4) is 0 Å². The largest absolute Gasteiger partial charge is 0.540 e. The van der Waals surface area contributed by atoms with Crippen LogP contribution in [0.4, 0.5) is 0 Å². The zero-order chi connectivity index (χ0) is 4.99. The molecule has 0 unspecified atom stereocenters. The van der Waals surface area contributed by atoms with E-state index in [0.717, 1.165) is 6.21 Å². The first-order valence-electron chi connectivity index (χ1n) is 1.34. The van der Waals surface area contributed by atoms with Gasteiger partial charge in [-0.25, -0.2) is 0 Å². The maximum Gasteiger partial charge on any atom is 0.341 e. The van der Waals surface area contributed by atoms with Crippen LogP contribution in [-0.2, 0) is 4.43 Å². The lowest BCUT2D eigenvalue weighted by Gasteiger charge is -1.89. The Labute approximate surface area is 39.9 Å². The molecule has 0 heterocycles. The Hall–Kier alpha value is -0.573. The van der Waals surface area contributed by atoms with Crippen molar-refractivity contribution in [3.8, 4) is 0 Å². The van der Waals surface area contributed by atoms with Crippen molar-refractivity contribution in [2.24, 2.45) is 0 Å². The van der Waals surface area contributed by atoms with E-state index in [1.54, 1.807) is 0 Å². The molecule has 1 N–H and O–H groups in total. The van der Waals surface area contributed by atoms with Crippen LogP contribution in [-0.4, -0.2) is 16.7 Å². The molecule has 6 heavy (non-hydrogen) atoms. The number of allylic oxidation sites excluding steroid dienone is 1. The molecule has 0 aliphatic heterocycles. The van der Waals surface area contributed by atoms with Crippen molar-refractivity contribution < 1.29 is 4.43 Å². The molecule has 2 nitrogen and oxygen atoms in total. The zero-order valence-corrected chi connectivity index (χ0v) is 4.19. The average molecular weight is 98.2 g/mol. The van der Waals surface area contributed by atoms with E-state index in [9.17, 15) is 0 Å². The highest BCUT2D eigenvalue weighted by molar-refractivity contribution is 6.00. The van der Waals surface area contributed by atoms with E-state index in [1.165, 1.54) is 0 Å². The minimum atomic E-state index is 0.298. The van der Waals surface area contributed by atoms with Gasteiger partial charge in [-0.2, -0.15) is 0 Å². The Bertz CT molecular complexity index is 71.2. The SMILES string of the molecule is C=C(C=N)O[Si]. The third kappa shape index (κ3) is 1.72. The minimum Gasteiger partial charge on any atom is -0.540 e. The van der Waals surface area contributed by atoms with Crippen LogP contribution in [0.5, 0.6) is 0 Å². The number of hydrogen-bond acceptors (Lipinski definition) is 2. The van der Waals surface area contributed by atoms with Crippen LogP contribution < -0.4 is 0 Å². The number of hydrogen-bond donors (Lipinski definition) is 1. The second-order valence-corrected chi connectivity index (χ2v) is 0.917. The molecule has 0 aromatic heterocycles. The molecule has 3 radical (unpaired) electrons. The summed E-state index contributed by atoms with van der Waals surface area (Å²) in [5.74, 6) is 0.298. The molecule has 0 atom stereocenters. The molecule has 0 saturated heterocycles. The Balaban J connectivity index is 3.23. The van der Waals surface area contributed by atoms with Crippen LogP contribution in [0.25, 0.3) is 0 Å². The molecule has 3 heteroatoms. The van der Waals surface area contributed by atoms with Crippen molar-refractivity contribution in [3.63, 3.8) is 0 Å². The molecule has 0 spiro atoms. The van der Waals surface area contributed by atoms with Gasteiger partial charge in [-0.05, 0) is 0 Å². The fourth-order valence-electron chi connectivity index (χ4n) is 0.0295. The van der Waals surface area contributed by atoms with E-state index < -0.39 is 0 Å². The fourth-order valence-corrected chi connectivity index (χ4v) is 0.0884.